The molecule has 0 bridgehead atoms. The summed E-state index contributed by atoms with van der Waals surface area (Å²) in [7, 11) is 0. The van der Waals surface area contributed by atoms with E-state index in [9.17, 15) is 4.79 Å². The molecule has 0 spiro atoms. The van der Waals surface area contributed by atoms with Crippen LogP contribution < -0.4 is 11.4 Å². The van der Waals surface area contributed by atoms with Gasteiger partial charge in [-0.15, -0.1) is 0 Å². The SMILES string of the molecule is Cc1nc(N)cc2n[nH]c(=O)n12. The molecular weight excluding hydrogens is 158 g/mol. The van der Waals surface area contributed by atoms with Crippen LogP contribution in [0, 0.1) is 6.92 Å². The van der Waals surface area contributed by atoms with Crippen molar-refractivity contribution in [2.75, 3.05) is 5.73 Å². The molecule has 62 valence electrons. The van der Waals surface area contributed by atoms with E-state index in [0.717, 1.165) is 0 Å². The Morgan fingerprint density at radius 2 is 2.42 bits per heavy atom. The smallest absolute Gasteiger partial charge is 0.349 e. The van der Waals surface area contributed by atoms with Crippen LogP contribution in [0.25, 0.3) is 5.65 Å². The molecule has 0 saturated heterocycles. The summed E-state index contributed by atoms with van der Waals surface area (Å²) in [5, 5.41) is 6.05. The normalized spacial score (nSPS) is 10.8. The van der Waals surface area contributed by atoms with E-state index in [2.05, 4.69) is 15.2 Å². The van der Waals surface area contributed by atoms with E-state index in [0.29, 0.717) is 17.3 Å². The van der Waals surface area contributed by atoms with Gasteiger partial charge in [0.15, 0.2) is 5.65 Å². The molecule has 0 aliphatic carbocycles. The van der Waals surface area contributed by atoms with Gasteiger partial charge in [0.05, 0.1) is 0 Å². The Hall–Kier alpha value is -1.85. The fraction of sp³-hybridized carbons (Fsp3) is 0.167. The fourth-order valence-corrected chi connectivity index (χ4v) is 1.12. The molecule has 0 saturated carbocycles. The molecule has 2 aromatic rings. The number of hydrogen-bond acceptors (Lipinski definition) is 4. The van der Waals surface area contributed by atoms with E-state index >= 15 is 0 Å². The lowest BCUT2D eigenvalue weighted by Crippen LogP contribution is -2.13. The monoisotopic (exact) mass is 165 g/mol. The van der Waals surface area contributed by atoms with Crippen molar-refractivity contribution >= 4 is 11.5 Å². The molecular formula is C6H7N5O. The summed E-state index contributed by atoms with van der Waals surface area (Å²) in [5.41, 5.74) is 5.65. The molecule has 3 N–H and O–H groups in total. The van der Waals surface area contributed by atoms with Crippen molar-refractivity contribution in [1.29, 1.82) is 0 Å². The number of nitrogens with two attached hydrogens (primary N) is 1. The van der Waals surface area contributed by atoms with E-state index in [1.807, 2.05) is 0 Å². The van der Waals surface area contributed by atoms with Crippen molar-refractivity contribution in [3.63, 3.8) is 0 Å². The maximum atomic E-state index is 11.1. The Bertz CT molecular complexity index is 482. The van der Waals surface area contributed by atoms with E-state index in [1.54, 1.807) is 6.92 Å². The van der Waals surface area contributed by atoms with Crippen LogP contribution >= 0.6 is 0 Å². The van der Waals surface area contributed by atoms with Gasteiger partial charge in [-0.3, -0.25) is 0 Å². The quantitative estimate of drug-likeness (QED) is 0.540. The molecule has 0 aliphatic rings. The van der Waals surface area contributed by atoms with Crippen molar-refractivity contribution in [3.05, 3.63) is 22.4 Å². The van der Waals surface area contributed by atoms with Crippen molar-refractivity contribution in [3.8, 4) is 0 Å². The predicted octanol–water partition coefficient (Wildman–Crippen LogP) is -0.692. The number of nitrogens with one attached hydrogen (secondary N) is 1. The zero-order valence-electron chi connectivity index (χ0n) is 6.40. The molecule has 0 radical (unpaired) electrons. The van der Waals surface area contributed by atoms with Gasteiger partial charge in [0.25, 0.3) is 0 Å². The van der Waals surface area contributed by atoms with Gasteiger partial charge in [-0.25, -0.2) is 19.3 Å². The van der Waals surface area contributed by atoms with Crippen molar-refractivity contribution < 1.29 is 0 Å². The second-order valence-electron chi connectivity index (χ2n) is 2.45. The predicted molar refractivity (Wildman–Crippen MR) is 42.8 cm³/mol. The van der Waals surface area contributed by atoms with Crippen LogP contribution in [0.3, 0.4) is 0 Å². The molecule has 0 fully saturated rings. The lowest BCUT2D eigenvalue weighted by molar-refractivity contribution is 0.940. The summed E-state index contributed by atoms with van der Waals surface area (Å²) < 4.78 is 1.36. The number of rotatable bonds is 0. The molecule has 0 aliphatic heterocycles. The van der Waals surface area contributed by atoms with Gasteiger partial charge in [0.1, 0.15) is 11.6 Å². The molecule has 2 heterocycles. The first-order chi connectivity index (χ1) is 5.68. The molecule has 0 atom stereocenters. The number of hydrogen-bond donors (Lipinski definition) is 2. The summed E-state index contributed by atoms with van der Waals surface area (Å²) >= 11 is 0. The second-order valence-corrected chi connectivity index (χ2v) is 2.45. The first-order valence-electron chi connectivity index (χ1n) is 3.39. The summed E-state index contributed by atoms with van der Waals surface area (Å²) in [4.78, 5) is 15.0. The number of aryl methyl sites for hydroxylation is 1. The minimum absolute atomic E-state index is 0.296. The van der Waals surface area contributed by atoms with Gasteiger partial charge in [-0.2, -0.15) is 5.10 Å². The highest BCUT2D eigenvalue weighted by molar-refractivity contribution is 5.46. The highest BCUT2D eigenvalue weighted by atomic mass is 16.1. The van der Waals surface area contributed by atoms with Gasteiger partial charge >= 0.3 is 5.69 Å². The maximum absolute atomic E-state index is 11.1. The highest BCUT2D eigenvalue weighted by Gasteiger charge is 2.03. The topological polar surface area (TPSA) is 89.1 Å². The molecule has 6 nitrogen and oxygen atoms in total. The third-order valence-corrected chi connectivity index (χ3v) is 1.59. The summed E-state index contributed by atoms with van der Waals surface area (Å²) in [6, 6.07) is 1.53. The molecule has 2 aromatic heterocycles. The number of nitrogens with zero attached hydrogens (tertiary/aromatic N) is 3. The Kier molecular flexibility index (Phi) is 1.18. The minimum atomic E-state index is -0.296. The van der Waals surface area contributed by atoms with E-state index in [-0.39, 0.29) is 5.69 Å². The van der Waals surface area contributed by atoms with Crippen LogP contribution in [-0.2, 0) is 0 Å². The van der Waals surface area contributed by atoms with Crippen LogP contribution in [0.5, 0.6) is 0 Å². The van der Waals surface area contributed by atoms with Gasteiger partial charge in [-0.1, -0.05) is 0 Å². The van der Waals surface area contributed by atoms with Crippen molar-refractivity contribution in [2.24, 2.45) is 0 Å². The average Bonchev–Trinajstić information content (AvgIpc) is 2.31. The molecule has 0 amide bonds. The number of aromatic nitrogens is 4. The zero-order valence-corrected chi connectivity index (χ0v) is 6.40. The van der Waals surface area contributed by atoms with Crippen LogP contribution in [0.4, 0.5) is 5.82 Å². The fourth-order valence-electron chi connectivity index (χ4n) is 1.12. The highest BCUT2D eigenvalue weighted by Crippen LogP contribution is 2.02. The lowest BCUT2D eigenvalue weighted by atomic mass is 10.5. The van der Waals surface area contributed by atoms with E-state index < -0.39 is 0 Å². The number of anilines is 1. The van der Waals surface area contributed by atoms with Gasteiger partial charge in [-0.05, 0) is 6.92 Å². The summed E-state index contributed by atoms with van der Waals surface area (Å²) in [6.07, 6.45) is 0. The Morgan fingerprint density at radius 3 is 3.17 bits per heavy atom. The van der Waals surface area contributed by atoms with Crippen molar-refractivity contribution in [2.45, 2.75) is 6.92 Å². The number of H-pyrrole nitrogens is 1. The third kappa shape index (κ3) is 0.777. The first kappa shape index (κ1) is 6.84. The molecule has 12 heavy (non-hydrogen) atoms. The van der Waals surface area contributed by atoms with Crippen LogP contribution in [0.1, 0.15) is 5.82 Å². The van der Waals surface area contributed by atoms with E-state index in [1.165, 1.54) is 10.5 Å². The standard InChI is InChI=1S/C6H7N5O/c1-3-8-4(7)2-5-9-10-6(12)11(3)5/h2H,7H2,1H3,(H,10,12). The van der Waals surface area contributed by atoms with Crippen LogP contribution in [0.15, 0.2) is 10.9 Å². The molecule has 2 rings (SSSR count). The zero-order chi connectivity index (χ0) is 8.72. The lowest BCUT2D eigenvalue weighted by Gasteiger charge is -1.96. The Morgan fingerprint density at radius 1 is 1.67 bits per heavy atom. The molecule has 0 unspecified atom stereocenters. The average molecular weight is 165 g/mol. The van der Waals surface area contributed by atoms with Crippen LogP contribution in [-0.4, -0.2) is 19.6 Å². The van der Waals surface area contributed by atoms with E-state index in [4.69, 9.17) is 5.73 Å². The second kappa shape index (κ2) is 2.07. The van der Waals surface area contributed by atoms with Crippen molar-refractivity contribution in [1.82, 2.24) is 19.6 Å². The first-order valence-corrected chi connectivity index (χ1v) is 3.39. The number of nitrogen functional groups attached to an aromatic ring is 1. The Labute approximate surface area is 67.0 Å². The van der Waals surface area contributed by atoms with Gasteiger partial charge in [0, 0.05) is 6.07 Å². The number of aromatic amines is 1. The minimum Gasteiger partial charge on any atom is -0.384 e. The molecule has 6 heteroatoms. The Balaban J connectivity index is 3.03. The summed E-state index contributed by atoms with van der Waals surface area (Å²) in [6.45, 7) is 1.69. The number of fused-ring (bicyclic) bond motifs is 1. The largest absolute Gasteiger partial charge is 0.384 e. The summed E-state index contributed by atoms with van der Waals surface area (Å²) in [5.74, 6) is 0.891. The third-order valence-electron chi connectivity index (χ3n) is 1.59. The molecule has 0 aromatic carbocycles. The van der Waals surface area contributed by atoms with Gasteiger partial charge < -0.3 is 5.73 Å². The van der Waals surface area contributed by atoms with Gasteiger partial charge in [0.2, 0.25) is 0 Å². The maximum Gasteiger partial charge on any atom is 0.349 e. The van der Waals surface area contributed by atoms with Crippen LogP contribution in [0.2, 0.25) is 0 Å².